The molecule has 0 aromatic carbocycles. The van der Waals surface area contributed by atoms with Crippen LogP contribution in [0.25, 0.3) is 0 Å². The maximum absolute atomic E-state index is 13.5. The Morgan fingerprint density at radius 2 is 0.635 bits per heavy atom. The van der Waals surface area contributed by atoms with Gasteiger partial charge in [-0.1, -0.05) is 346 Å². The molecule has 3 rings (SSSR count). The first-order valence-corrected chi connectivity index (χ1v) is 43.2. The number of rotatable bonds is 70. The minimum Gasteiger partial charge on any atom is -0.394 e. The summed E-state index contributed by atoms with van der Waals surface area (Å²) >= 11 is 0. The van der Waals surface area contributed by atoms with Crippen LogP contribution in [0.1, 0.15) is 367 Å². The zero-order chi connectivity index (χ0) is 75.3. The van der Waals surface area contributed by atoms with Crippen LogP contribution in [0.2, 0.25) is 0 Å². The second-order valence-electron chi connectivity index (χ2n) is 31.0. The standard InChI is InChI=1S/C85H159NO18/c1-3-5-7-9-11-13-15-17-19-21-23-25-27-29-31-32-33-34-35-36-37-39-41-43-45-47-49-51-53-55-57-59-61-63-73(91)86-68(69(90)62-60-58-56-54-52-50-48-46-44-42-40-38-30-28-26-24-22-20-18-16-14-12-10-8-6-4-2)67-99-83-79(97)76(94)81(71(65-88)101-83)104-85-80(98)77(95)82(72(66-89)102-85)103-84-78(96)75(93)74(92)70(64-87)100-84/h15,17,21,23,27,29,68-72,74-85,87-90,92-98H,3-14,16,18-20,22,24-26,28,30-67H2,1-2H3,(H,86,91)/b17-15-,23-21-,29-27-. The van der Waals surface area contributed by atoms with Crippen molar-refractivity contribution in [3.63, 3.8) is 0 Å². The zero-order valence-corrected chi connectivity index (χ0v) is 65.8. The molecule has 104 heavy (non-hydrogen) atoms. The van der Waals surface area contributed by atoms with Crippen molar-refractivity contribution < 1.29 is 89.4 Å². The fourth-order valence-corrected chi connectivity index (χ4v) is 14.8. The lowest BCUT2D eigenvalue weighted by Crippen LogP contribution is -2.66. The molecule has 17 atom stereocenters. The summed E-state index contributed by atoms with van der Waals surface area (Å²) in [6.07, 6.45) is 55.2. The van der Waals surface area contributed by atoms with Gasteiger partial charge in [-0.05, 0) is 51.4 Å². The van der Waals surface area contributed by atoms with Crippen LogP contribution in [0.5, 0.6) is 0 Å². The number of aliphatic hydroxyl groups is 11. The lowest BCUT2D eigenvalue weighted by atomic mass is 9.96. The minimum atomic E-state index is -1.97. The molecule has 1 amide bonds. The predicted octanol–water partition coefficient (Wildman–Crippen LogP) is 15.5. The van der Waals surface area contributed by atoms with Gasteiger partial charge in [-0.2, -0.15) is 0 Å². The van der Waals surface area contributed by atoms with Gasteiger partial charge in [-0.25, -0.2) is 0 Å². The highest BCUT2D eigenvalue weighted by Gasteiger charge is 2.54. The van der Waals surface area contributed by atoms with Gasteiger partial charge >= 0.3 is 0 Å². The third-order valence-electron chi connectivity index (χ3n) is 21.7. The van der Waals surface area contributed by atoms with Crippen molar-refractivity contribution in [2.24, 2.45) is 0 Å². The summed E-state index contributed by atoms with van der Waals surface area (Å²) in [5.74, 6) is -0.236. The lowest BCUT2D eigenvalue weighted by Gasteiger charge is -2.48. The van der Waals surface area contributed by atoms with Gasteiger partial charge < -0.3 is 89.9 Å². The highest BCUT2D eigenvalue weighted by atomic mass is 16.8. The van der Waals surface area contributed by atoms with Crippen LogP contribution in [0.4, 0.5) is 0 Å². The normalized spacial score (nSPS) is 26.0. The van der Waals surface area contributed by atoms with Crippen molar-refractivity contribution in [2.45, 2.75) is 471 Å². The van der Waals surface area contributed by atoms with Crippen LogP contribution in [0, 0.1) is 0 Å². The summed E-state index contributed by atoms with van der Waals surface area (Å²) in [6, 6.07) is -0.888. The van der Waals surface area contributed by atoms with Gasteiger partial charge in [0.15, 0.2) is 18.9 Å². The molecule has 17 unspecified atom stereocenters. The third-order valence-corrected chi connectivity index (χ3v) is 21.7. The van der Waals surface area contributed by atoms with E-state index < -0.39 is 124 Å². The average molecular weight is 1480 g/mol. The van der Waals surface area contributed by atoms with Crippen LogP contribution in [0.3, 0.4) is 0 Å². The molecule has 0 spiro atoms. The van der Waals surface area contributed by atoms with Gasteiger partial charge in [0, 0.05) is 6.42 Å². The third kappa shape index (κ3) is 44.8. The van der Waals surface area contributed by atoms with E-state index in [2.05, 4.69) is 55.6 Å². The Kier molecular flexibility index (Phi) is 60.8. The Morgan fingerprint density at radius 3 is 0.990 bits per heavy atom. The summed E-state index contributed by atoms with van der Waals surface area (Å²) < 4.78 is 34.6. The number of nitrogens with one attached hydrogen (secondary N) is 1. The van der Waals surface area contributed by atoms with Gasteiger partial charge in [-0.15, -0.1) is 0 Å². The smallest absolute Gasteiger partial charge is 0.220 e. The topological polar surface area (TPSA) is 307 Å². The van der Waals surface area contributed by atoms with E-state index in [0.717, 1.165) is 57.8 Å². The Hall–Kier alpha value is -1.99. The van der Waals surface area contributed by atoms with Gasteiger partial charge in [0.2, 0.25) is 5.91 Å². The number of hydrogen-bond donors (Lipinski definition) is 12. The molecule has 12 N–H and O–H groups in total. The Labute approximate surface area is 631 Å². The van der Waals surface area contributed by atoms with E-state index in [4.69, 9.17) is 28.4 Å². The molecule has 3 saturated heterocycles. The average Bonchev–Trinajstić information content (AvgIpc) is 0.783. The van der Waals surface area contributed by atoms with Gasteiger partial charge in [0.05, 0.1) is 38.6 Å². The number of amides is 1. The van der Waals surface area contributed by atoms with Crippen LogP contribution < -0.4 is 5.32 Å². The highest BCUT2D eigenvalue weighted by Crippen LogP contribution is 2.34. The predicted molar refractivity (Wildman–Crippen MR) is 416 cm³/mol. The van der Waals surface area contributed by atoms with Gasteiger partial charge in [-0.3, -0.25) is 4.79 Å². The van der Waals surface area contributed by atoms with Crippen LogP contribution in [0.15, 0.2) is 36.5 Å². The molecule has 3 heterocycles. The van der Waals surface area contributed by atoms with Crippen molar-refractivity contribution in [1.29, 1.82) is 0 Å². The van der Waals surface area contributed by atoms with E-state index in [1.807, 2.05) is 0 Å². The second kappa shape index (κ2) is 65.7. The number of ether oxygens (including phenoxy) is 6. The maximum Gasteiger partial charge on any atom is 0.220 e. The van der Waals surface area contributed by atoms with Gasteiger partial charge in [0.25, 0.3) is 0 Å². The summed E-state index contributed by atoms with van der Waals surface area (Å²) in [4.78, 5) is 13.5. The summed E-state index contributed by atoms with van der Waals surface area (Å²) in [6.45, 7) is 1.85. The first-order chi connectivity index (χ1) is 50.8. The van der Waals surface area contributed by atoms with E-state index in [1.54, 1.807) is 0 Å². The van der Waals surface area contributed by atoms with Crippen molar-refractivity contribution in [2.75, 3.05) is 26.4 Å². The Morgan fingerprint density at radius 1 is 0.346 bits per heavy atom. The van der Waals surface area contributed by atoms with E-state index in [0.29, 0.717) is 12.8 Å². The van der Waals surface area contributed by atoms with E-state index >= 15 is 0 Å². The van der Waals surface area contributed by atoms with Gasteiger partial charge in [0.1, 0.15) is 73.2 Å². The summed E-state index contributed by atoms with van der Waals surface area (Å²) in [5.41, 5.74) is 0. The highest BCUT2D eigenvalue weighted by molar-refractivity contribution is 5.76. The fourth-order valence-electron chi connectivity index (χ4n) is 14.8. The number of unbranched alkanes of at least 4 members (excludes halogenated alkanes) is 48. The molecule has 19 nitrogen and oxygen atoms in total. The van der Waals surface area contributed by atoms with E-state index in [1.165, 1.54) is 276 Å². The maximum atomic E-state index is 13.5. The van der Waals surface area contributed by atoms with Crippen molar-refractivity contribution in [3.05, 3.63) is 36.5 Å². The molecule has 0 saturated carbocycles. The zero-order valence-electron chi connectivity index (χ0n) is 65.8. The first-order valence-electron chi connectivity index (χ1n) is 43.2. The molecular formula is C85H159NO18. The molecule has 0 radical (unpaired) electrons. The summed E-state index contributed by atoms with van der Waals surface area (Å²) in [7, 11) is 0. The molecule has 0 bridgehead atoms. The van der Waals surface area contributed by atoms with Crippen LogP contribution in [-0.2, 0) is 33.2 Å². The lowest BCUT2D eigenvalue weighted by molar-refractivity contribution is -0.379. The van der Waals surface area contributed by atoms with Crippen molar-refractivity contribution in [3.8, 4) is 0 Å². The second-order valence-corrected chi connectivity index (χ2v) is 31.0. The Bertz CT molecular complexity index is 2020. The molecule has 612 valence electrons. The molecule has 0 aromatic rings. The number of aliphatic hydroxyl groups excluding tert-OH is 11. The molecular weight excluding hydrogens is 1320 g/mol. The number of carbonyl (C=O) groups excluding carboxylic acids is 1. The molecule has 3 fully saturated rings. The summed E-state index contributed by atoms with van der Waals surface area (Å²) in [5, 5.41) is 121. The fraction of sp³-hybridized carbons (Fsp3) is 0.918. The SMILES string of the molecule is CCCCCCC/C=C\C/C=C\C/C=C\CCCCCCCCCCCCCCCCCCCCC(=O)NC(COC1OC(CO)C(OC2OC(CO)C(OC3OC(CO)C(O)C(O)C3O)C(O)C2O)C(O)C1O)C(O)CCCCCCCCCCCCCCCCCCCCCCCCCCCC. The Balaban J connectivity index is 1.34. The molecule has 3 aliphatic rings. The first kappa shape index (κ1) is 96.2. The largest absolute Gasteiger partial charge is 0.394 e. The minimum absolute atomic E-state index is 0.236. The van der Waals surface area contributed by atoms with Crippen molar-refractivity contribution in [1.82, 2.24) is 5.32 Å². The molecule has 19 heteroatoms. The quantitative estimate of drug-likeness (QED) is 0.0199. The number of carbonyl (C=O) groups is 1. The van der Waals surface area contributed by atoms with E-state index in [9.17, 15) is 61.0 Å². The monoisotopic (exact) mass is 1480 g/mol. The van der Waals surface area contributed by atoms with Crippen LogP contribution in [-0.4, -0.2) is 193 Å². The number of hydrogen-bond acceptors (Lipinski definition) is 18. The molecule has 0 aromatic heterocycles. The molecule has 0 aliphatic carbocycles. The van der Waals surface area contributed by atoms with Crippen molar-refractivity contribution >= 4 is 5.91 Å². The van der Waals surface area contributed by atoms with Crippen LogP contribution >= 0.6 is 0 Å². The molecule has 3 aliphatic heterocycles. The number of allylic oxidation sites excluding steroid dienone is 6. The van der Waals surface area contributed by atoms with E-state index in [-0.39, 0.29) is 18.9 Å².